The molecule has 0 aromatic heterocycles. The average molecular weight is 276 g/mol. The Hall–Kier alpha value is -2.48. The summed E-state index contributed by atoms with van der Waals surface area (Å²) in [6.45, 7) is 0. The van der Waals surface area contributed by atoms with E-state index in [2.05, 4.69) is 48.5 Å². The van der Waals surface area contributed by atoms with Crippen LogP contribution in [-0.4, -0.2) is 0 Å². The number of hydrogen-bond acceptors (Lipinski definition) is 2. The van der Waals surface area contributed by atoms with Crippen LogP contribution in [0.5, 0.6) is 0 Å². The van der Waals surface area contributed by atoms with Crippen LogP contribution in [0.2, 0.25) is 0 Å². The smallest absolute Gasteiger partial charge is 0.0285 e. The van der Waals surface area contributed by atoms with Crippen LogP contribution in [0.3, 0.4) is 0 Å². The summed E-state index contributed by atoms with van der Waals surface area (Å²) in [6.07, 6.45) is 9.12. The Labute approximate surface area is 125 Å². The van der Waals surface area contributed by atoms with Crippen LogP contribution in [0.25, 0.3) is 11.1 Å². The molecule has 2 aromatic carbocycles. The summed E-state index contributed by atoms with van der Waals surface area (Å²) in [5, 5.41) is 0. The minimum absolute atomic E-state index is 0.0705. The number of rotatable bonds is 4. The third kappa shape index (κ3) is 2.04. The molecule has 106 valence electrons. The number of allylic oxidation sites excluding steroid dienone is 2. The standard InChI is InChI=1S/C19H20N2/c20-13-5-11-19(12-6-14-21)17-9-3-1-7-15(17)16-8-2-4-10-18(16)19/h1-10,13-14H,11-12,20-21H2. The second kappa shape index (κ2) is 5.49. The Kier molecular flexibility index (Phi) is 3.53. The van der Waals surface area contributed by atoms with Gasteiger partial charge < -0.3 is 11.5 Å². The third-order valence-corrected chi connectivity index (χ3v) is 4.38. The van der Waals surface area contributed by atoms with Gasteiger partial charge >= 0.3 is 0 Å². The maximum Gasteiger partial charge on any atom is 0.0285 e. The van der Waals surface area contributed by atoms with Gasteiger partial charge in [-0.2, -0.15) is 0 Å². The lowest BCUT2D eigenvalue weighted by Crippen LogP contribution is -2.24. The van der Waals surface area contributed by atoms with Crippen LogP contribution in [0, 0.1) is 0 Å². The lowest BCUT2D eigenvalue weighted by atomic mass is 9.73. The van der Waals surface area contributed by atoms with Crippen molar-refractivity contribution >= 4 is 0 Å². The molecule has 21 heavy (non-hydrogen) atoms. The van der Waals surface area contributed by atoms with Crippen LogP contribution in [0.15, 0.2) is 73.1 Å². The Balaban J connectivity index is 2.26. The van der Waals surface area contributed by atoms with Crippen molar-refractivity contribution in [1.29, 1.82) is 0 Å². The van der Waals surface area contributed by atoms with Crippen molar-refractivity contribution in [3.05, 3.63) is 84.2 Å². The molecule has 0 aliphatic heterocycles. The molecule has 0 heterocycles. The fraction of sp³-hybridized carbons (Fsp3) is 0.158. The summed E-state index contributed by atoms with van der Waals surface area (Å²) in [5.41, 5.74) is 16.5. The van der Waals surface area contributed by atoms with Crippen molar-refractivity contribution in [2.75, 3.05) is 0 Å². The highest BCUT2D eigenvalue weighted by Crippen LogP contribution is 2.52. The summed E-state index contributed by atoms with van der Waals surface area (Å²) in [4.78, 5) is 0. The molecule has 4 N–H and O–H groups in total. The lowest BCUT2D eigenvalue weighted by Gasteiger charge is -2.30. The zero-order valence-corrected chi connectivity index (χ0v) is 12.0. The Morgan fingerprint density at radius 3 is 1.57 bits per heavy atom. The fourth-order valence-corrected chi connectivity index (χ4v) is 3.48. The molecule has 0 saturated carbocycles. The summed E-state index contributed by atoms with van der Waals surface area (Å²) in [6, 6.07) is 17.3. The Bertz CT molecular complexity index is 637. The average Bonchev–Trinajstić information content (AvgIpc) is 2.82. The van der Waals surface area contributed by atoms with Crippen molar-refractivity contribution in [2.45, 2.75) is 18.3 Å². The summed E-state index contributed by atoms with van der Waals surface area (Å²) in [7, 11) is 0. The van der Waals surface area contributed by atoms with Gasteiger partial charge in [0.15, 0.2) is 0 Å². The predicted octanol–water partition coefficient (Wildman–Crippen LogP) is 3.68. The second-order valence-electron chi connectivity index (χ2n) is 5.44. The third-order valence-electron chi connectivity index (χ3n) is 4.38. The van der Waals surface area contributed by atoms with Crippen LogP contribution in [0.4, 0.5) is 0 Å². The fourth-order valence-electron chi connectivity index (χ4n) is 3.48. The molecule has 3 rings (SSSR count). The van der Waals surface area contributed by atoms with Crippen LogP contribution in [0.1, 0.15) is 24.0 Å². The van der Waals surface area contributed by atoms with E-state index in [0.29, 0.717) is 0 Å². The highest BCUT2D eigenvalue weighted by Gasteiger charge is 2.40. The first-order chi connectivity index (χ1) is 10.3. The molecular formula is C19H20N2. The van der Waals surface area contributed by atoms with Gasteiger partial charge in [-0.3, -0.25) is 0 Å². The van der Waals surface area contributed by atoms with E-state index in [1.54, 1.807) is 12.4 Å². The minimum atomic E-state index is -0.0705. The van der Waals surface area contributed by atoms with Crippen LogP contribution >= 0.6 is 0 Å². The van der Waals surface area contributed by atoms with E-state index in [4.69, 9.17) is 11.5 Å². The first kappa shape index (κ1) is 13.5. The summed E-state index contributed by atoms with van der Waals surface area (Å²) in [5.74, 6) is 0. The van der Waals surface area contributed by atoms with Crippen molar-refractivity contribution in [3.63, 3.8) is 0 Å². The molecule has 1 aliphatic rings. The molecule has 0 atom stereocenters. The highest BCUT2D eigenvalue weighted by atomic mass is 14.5. The molecule has 2 heteroatoms. The van der Waals surface area contributed by atoms with Gasteiger partial charge in [-0.05, 0) is 47.5 Å². The van der Waals surface area contributed by atoms with Gasteiger partial charge in [-0.15, -0.1) is 0 Å². The second-order valence-corrected chi connectivity index (χ2v) is 5.44. The first-order valence-electron chi connectivity index (χ1n) is 7.26. The van der Waals surface area contributed by atoms with Gasteiger partial charge in [0.2, 0.25) is 0 Å². The molecule has 0 saturated heterocycles. The Morgan fingerprint density at radius 2 is 1.14 bits per heavy atom. The topological polar surface area (TPSA) is 52.0 Å². The van der Waals surface area contributed by atoms with Gasteiger partial charge in [0.25, 0.3) is 0 Å². The maximum atomic E-state index is 5.61. The zero-order valence-electron chi connectivity index (χ0n) is 12.0. The minimum Gasteiger partial charge on any atom is -0.405 e. The van der Waals surface area contributed by atoms with Gasteiger partial charge in [0.05, 0.1) is 0 Å². The zero-order chi connectivity index (χ0) is 14.7. The first-order valence-corrected chi connectivity index (χ1v) is 7.26. The molecule has 1 aliphatic carbocycles. The quantitative estimate of drug-likeness (QED) is 0.895. The van der Waals surface area contributed by atoms with Crippen molar-refractivity contribution < 1.29 is 0 Å². The van der Waals surface area contributed by atoms with E-state index in [1.807, 2.05) is 12.2 Å². The normalized spacial score (nSPS) is 15.4. The summed E-state index contributed by atoms with van der Waals surface area (Å²) >= 11 is 0. The van der Waals surface area contributed by atoms with E-state index in [1.165, 1.54) is 22.3 Å². The van der Waals surface area contributed by atoms with Crippen molar-refractivity contribution in [3.8, 4) is 11.1 Å². The lowest BCUT2D eigenvalue weighted by molar-refractivity contribution is 0.541. The molecule has 0 spiro atoms. The molecular weight excluding hydrogens is 256 g/mol. The molecule has 2 nitrogen and oxygen atoms in total. The summed E-state index contributed by atoms with van der Waals surface area (Å²) < 4.78 is 0. The Morgan fingerprint density at radius 1 is 0.714 bits per heavy atom. The van der Waals surface area contributed by atoms with Crippen molar-refractivity contribution in [1.82, 2.24) is 0 Å². The van der Waals surface area contributed by atoms with Gasteiger partial charge in [-0.25, -0.2) is 0 Å². The molecule has 0 amide bonds. The van der Waals surface area contributed by atoms with Crippen LogP contribution < -0.4 is 11.5 Å². The highest BCUT2D eigenvalue weighted by molar-refractivity contribution is 5.81. The van der Waals surface area contributed by atoms with E-state index < -0.39 is 0 Å². The monoisotopic (exact) mass is 276 g/mol. The molecule has 2 aromatic rings. The van der Waals surface area contributed by atoms with Crippen LogP contribution in [-0.2, 0) is 5.41 Å². The van der Waals surface area contributed by atoms with Gasteiger partial charge in [0.1, 0.15) is 0 Å². The van der Waals surface area contributed by atoms with E-state index in [-0.39, 0.29) is 5.41 Å². The molecule has 0 bridgehead atoms. The SMILES string of the molecule is NC=CCC1(CC=CN)c2ccccc2-c2ccccc21. The number of nitrogens with two attached hydrogens (primary N) is 2. The van der Waals surface area contributed by atoms with E-state index >= 15 is 0 Å². The molecule has 0 unspecified atom stereocenters. The maximum absolute atomic E-state index is 5.61. The number of fused-ring (bicyclic) bond motifs is 3. The van der Waals surface area contributed by atoms with E-state index in [9.17, 15) is 0 Å². The predicted molar refractivity (Wildman–Crippen MR) is 88.5 cm³/mol. The van der Waals surface area contributed by atoms with Gasteiger partial charge in [-0.1, -0.05) is 60.7 Å². The van der Waals surface area contributed by atoms with Gasteiger partial charge in [0, 0.05) is 5.41 Å². The number of hydrogen-bond donors (Lipinski definition) is 2. The largest absolute Gasteiger partial charge is 0.405 e. The molecule has 0 radical (unpaired) electrons. The van der Waals surface area contributed by atoms with Crippen molar-refractivity contribution in [2.24, 2.45) is 11.5 Å². The number of benzene rings is 2. The van der Waals surface area contributed by atoms with E-state index in [0.717, 1.165) is 12.8 Å². The molecule has 0 fully saturated rings.